The second-order valence-corrected chi connectivity index (χ2v) is 8.76. The third kappa shape index (κ3) is 12.6. The molecule has 0 spiro atoms. The molecule has 1 aliphatic heterocycles. The molecular weight excluding hydrogens is 388 g/mol. The molecule has 2 nitrogen and oxygen atoms in total. The average Bonchev–Trinajstić information content (AvgIpc) is 2.75. The number of pyridine rings is 1. The van der Waals surface area contributed by atoms with E-state index in [9.17, 15) is 0 Å². The molecule has 0 radical (unpaired) electrons. The predicted octanol–water partition coefficient (Wildman–Crippen LogP) is 8.88. The molecule has 32 heavy (non-hydrogen) atoms. The van der Waals surface area contributed by atoms with Crippen LogP contribution >= 0.6 is 0 Å². The second kappa shape index (κ2) is 17.3. The Kier molecular flexibility index (Phi) is 17.3. The van der Waals surface area contributed by atoms with E-state index in [1.807, 2.05) is 61.5 Å². The molecule has 2 heterocycles. The molecule has 1 aliphatic rings. The fourth-order valence-corrected chi connectivity index (χ4v) is 3.33. The Morgan fingerprint density at radius 1 is 1.22 bits per heavy atom. The summed E-state index contributed by atoms with van der Waals surface area (Å²) >= 11 is 0. The highest BCUT2D eigenvalue weighted by Gasteiger charge is 2.27. The van der Waals surface area contributed by atoms with Crippen LogP contribution in [0.15, 0.2) is 42.5 Å². The maximum atomic E-state index is 4.92. The van der Waals surface area contributed by atoms with E-state index in [1.165, 1.54) is 18.5 Å². The summed E-state index contributed by atoms with van der Waals surface area (Å²) in [7, 11) is 0. The van der Waals surface area contributed by atoms with Gasteiger partial charge in [-0.2, -0.15) is 0 Å². The zero-order chi connectivity index (χ0) is 25.3. The Hall–Kier alpha value is -2.27. The molecule has 0 atom stereocenters. The first-order chi connectivity index (χ1) is 15.1. The zero-order valence-corrected chi connectivity index (χ0v) is 23.0. The molecule has 0 aromatic carbocycles. The average molecular weight is 439 g/mol. The van der Waals surface area contributed by atoms with E-state index in [4.69, 9.17) is 11.4 Å². The minimum absolute atomic E-state index is 0.388. The molecule has 0 N–H and O–H groups in total. The molecule has 2 rings (SSSR count). The normalized spacial score (nSPS) is 14.8. The SMILES string of the molecule is C#CC(C)C.C=C(C)/C=C(\C=C/C)c1ccc(N2CCCC(C)(C)C2)c(C)n1.CC.CC. The Balaban J connectivity index is 0. The van der Waals surface area contributed by atoms with Gasteiger partial charge in [-0.3, -0.25) is 4.98 Å². The van der Waals surface area contributed by atoms with E-state index in [2.05, 4.69) is 62.5 Å². The molecular formula is C30H50N2. The number of aryl methyl sites for hydroxylation is 1. The van der Waals surface area contributed by atoms with E-state index in [0.29, 0.717) is 11.3 Å². The molecule has 1 fully saturated rings. The van der Waals surface area contributed by atoms with E-state index >= 15 is 0 Å². The van der Waals surface area contributed by atoms with Crippen LogP contribution in [-0.2, 0) is 0 Å². The number of allylic oxidation sites excluding steroid dienone is 5. The van der Waals surface area contributed by atoms with Gasteiger partial charge in [0.15, 0.2) is 0 Å². The Bertz CT molecular complexity index is 758. The quantitative estimate of drug-likeness (QED) is 0.344. The summed E-state index contributed by atoms with van der Waals surface area (Å²) in [6.45, 7) is 29.1. The molecule has 180 valence electrons. The Labute approximate surface area is 200 Å². The van der Waals surface area contributed by atoms with Crippen molar-refractivity contribution in [3.05, 3.63) is 53.9 Å². The van der Waals surface area contributed by atoms with E-state index in [0.717, 1.165) is 35.6 Å². The van der Waals surface area contributed by atoms with Gasteiger partial charge in [-0.05, 0) is 51.2 Å². The summed E-state index contributed by atoms with van der Waals surface area (Å²) < 4.78 is 0. The summed E-state index contributed by atoms with van der Waals surface area (Å²) in [5.74, 6) is 2.94. The van der Waals surface area contributed by atoms with Crippen LogP contribution in [0.25, 0.3) is 5.57 Å². The number of rotatable bonds is 4. The summed E-state index contributed by atoms with van der Waals surface area (Å²) in [6, 6.07) is 4.37. The fourth-order valence-electron chi connectivity index (χ4n) is 3.33. The van der Waals surface area contributed by atoms with Crippen molar-refractivity contribution in [1.29, 1.82) is 0 Å². The number of piperidine rings is 1. The lowest BCUT2D eigenvalue weighted by atomic mass is 9.84. The third-order valence-electron chi connectivity index (χ3n) is 4.68. The van der Waals surface area contributed by atoms with Crippen molar-refractivity contribution in [3.8, 4) is 12.3 Å². The lowest BCUT2D eigenvalue weighted by Crippen LogP contribution is -2.40. The van der Waals surface area contributed by atoms with Gasteiger partial charge in [0.05, 0.1) is 17.1 Å². The topological polar surface area (TPSA) is 16.1 Å². The lowest BCUT2D eigenvalue weighted by molar-refractivity contribution is 0.293. The van der Waals surface area contributed by atoms with E-state index in [1.54, 1.807) is 0 Å². The molecule has 0 unspecified atom stereocenters. The zero-order valence-electron chi connectivity index (χ0n) is 23.0. The summed E-state index contributed by atoms with van der Waals surface area (Å²) in [5, 5.41) is 0. The van der Waals surface area contributed by atoms with Crippen molar-refractivity contribution in [3.63, 3.8) is 0 Å². The van der Waals surface area contributed by atoms with Gasteiger partial charge < -0.3 is 4.90 Å². The molecule has 1 aromatic heterocycles. The molecule has 0 saturated carbocycles. The second-order valence-electron chi connectivity index (χ2n) is 8.76. The molecule has 1 aromatic rings. The van der Waals surface area contributed by atoms with Crippen molar-refractivity contribution in [2.24, 2.45) is 11.3 Å². The predicted molar refractivity (Wildman–Crippen MR) is 148 cm³/mol. The molecule has 0 bridgehead atoms. The number of hydrogen-bond donors (Lipinski definition) is 0. The lowest BCUT2D eigenvalue weighted by Gasteiger charge is -2.39. The highest BCUT2D eigenvalue weighted by molar-refractivity contribution is 5.74. The van der Waals surface area contributed by atoms with Gasteiger partial charge in [0.2, 0.25) is 0 Å². The van der Waals surface area contributed by atoms with Crippen LogP contribution in [0, 0.1) is 30.6 Å². The van der Waals surface area contributed by atoms with Crippen molar-refractivity contribution >= 4 is 11.3 Å². The van der Waals surface area contributed by atoms with Crippen LogP contribution in [0.2, 0.25) is 0 Å². The highest BCUT2D eigenvalue weighted by atomic mass is 15.2. The number of hydrogen-bond acceptors (Lipinski definition) is 2. The van der Waals surface area contributed by atoms with Gasteiger partial charge in [-0.15, -0.1) is 12.3 Å². The largest absolute Gasteiger partial charge is 0.370 e. The van der Waals surface area contributed by atoms with Gasteiger partial charge in [0, 0.05) is 24.6 Å². The van der Waals surface area contributed by atoms with E-state index < -0.39 is 0 Å². The van der Waals surface area contributed by atoms with Crippen molar-refractivity contribution in [2.45, 2.75) is 89.0 Å². The van der Waals surface area contributed by atoms with Gasteiger partial charge >= 0.3 is 0 Å². The standard InChI is InChI=1S/C21H30N2.C5H8.2C2H6/c1-7-9-18(14-16(2)3)19-10-11-20(17(4)22-19)23-13-8-12-21(5,6)15-23;1-4-5(2)3;2*1-2/h7,9-11,14H,2,8,12-13,15H2,1,3-6H3;1,5H,2-3H3;2*1-2H3/b9-7-,18-14+;;;. The number of anilines is 1. The summed E-state index contributed by atoms with van der Waals surface area (Å²) in [4.78, 5) is 7.36. The van der Waals surface area contributed by atoms with Crippen molar-refractivity contribution in [1.82, 2.24) is 4.98 Å². The minimum Gasteiger partial charge on any atom is -0.370 e. The van der Waals surface area contributed by atoms with Gasteiger partial charge in [0.25, 0.3) is 0 Å². The fraction of sp³-hybridized carbons (Fsp3) is 0.567. The maximum absolute atomic E-state index is 4.92. The highest BCUT2D eigenvalue weighted by Crippen LogP contribution is 2.33. The Morgan fingerprint density at radius 3 is 2.19 bits per heavy atom. The molecule has 0 aliphatic carbocycles. The molecule has 1 saturated heterocycles. The minimum atomic E-state index is 0.388. The van der Waals surface area contributed by atoms with Crippen LogP contribution in [0.5, 0.6) is 0 Å². The smallest absolute Gasteiger partial charge is 0.0706 e. The van der Waals surface area contributed by atoms with Crippen LogP contribution < -0.4 is 4.90 Å². The van der Waals surface area contributed by atoms with Crippen LogP contribution in [0.1, 0.15) is 93.5 Å². The van der Waals surface area contributed by atoms with Crippen molar-refractivity contribution in [2.75, 3.05) is 18.0 Å². The van der Waals surface area contributed by atoms with Crippen LogP contribution in [0.4, 0.5) is 5.69 Å². The number of aromatic nitrogens is 1. The first-order valence-electron chi connectivity index (χ1n) is 12.3. The van der Waals surface area contributed by atoms with Crippen LogP contribution in [0.3, 0.4) is 0 Å². The molecule has 2 heteroatoms. The monoisotopic (exact) mass is 438 g/mol. The van der Waals surface area contributed by atoms with Gasteiger partial charge in [-0.1, -0.05) is 85.8 Å². The first-order valence-corrected chi connectivity index (χ1v) is 12.3. The summed E-state index contributed by atoms with van der Waals surface area (Å²) in [6.07, 6.45) is 13.7. The van der Waals surface area contributed by atoms with E-state index in [-0.39, 0.29) is 0 Å². The molecule has 0 amide bonds. The number of nitrogens with zero attached hydrogens (tertiary/aromatic N) is 2. The summed E-state index contributed by atoms with van der Waals surface area (Å²) in [5.41, 5.74) is 5.95. The van der Waals surface area contributed by atoms with Gasteiger partial charge in [0.1, 0.15) is 0 Å². The van der Waals surface area contributed by atoms with Crippen LogP contribution in [-0.4, -0.2) is 18.1 Å². The van der Waals surface area contributed by atoms with Gasteiger partial charge in [-0.25, -0.2) is 0 Å². The number of terminal acetylenes is 1. The third-order valence-corrected chi connectivity index (χ3v) is 4.68. The first kappa shape index (κ1) is 31.9. The Morgan fingerprint density at radius 2 is 1.78 bits per heavy atom. The maximum Gasteiger partial charge on any atom is 0.0706 e. The van der Waals surface area contributed by atoms with Crippen molar-refractivity contribution < 1.29 is 0 Å².